The fourth-order valence-electron chi connectivity index (χ4n) is 6.12. The summed E-state index contributed by atoms with van der Waals surface area (Å²) in [6.07, 6.45) is 5.33. The van der Waals surface area contributed by atoms with Gasteiger partial charge in [0.1, 0.15) is 17.7 Å². The highest BCUT2D eigenvalue weighted by atomic mass is 19.1. The van der Waals surface area contributed by atoms with Crippen LogP contribution >= 0.6 is 0 Å². The number of aromatic nitrogens is 1. The number of amides is 1. The van der Waals surface area contributed by atoms with Crippen LogP contribution in [-0.4, -0.2) is 33.5 Å². The van der Waals surface area contributed by atoms with Gasteiger partial charge in [0, 0.05) is 47.9 Å². The molecule has 186 valence electrons. The third kappa shape index (κ3) is 3.89. The number of nitrogens with zero attached hydrogens (tertiary/aromatic N) is 3. The zero-order chi connectivity index (χ0) is 25.8. The summed E-state index contributed by atoms with van der Waals surface area (Å²) in [6, 6.07) is 16.9. The van der Waals surface area contributed by atoms with Crippen molar-refractivity contribution in [1.29, 1.82) is 5.26 Å². The average molecular weight is 497 g/mol. The molecule has 2 bridgehead atoms. The van der Waals surface area contributed by atoms with Crippen LogP contribution < -0.4 is 5.73 Å². The Bertz CT molecular complexity index is 1590. The summed E-state index contributed by atoms with van der Waals surface area (Å²) in [5.74, 6) is -1.16. The van der Waals surface area contributed by atoms with Gasteiger partial charge in [-0.3, -0.25) is 4.79 Å². The number of halogens is 2. The van der Waals surface area contributed by atoms with Crippen molar-refractivity contribution in [2.24, 2.45) is 12.8 Å². The Hall–Kier alpha value is -4.02. The quantitative estimate of drug-likeness (QED) is 0.392. The topological polar surface area (TPSA) is 75.1 Å². The van der Waals surface area contributed by atoms with Crippen LogP contribution in [0.25, 0.3) is 33.2 Å². The molecule has 1 amide bonds. The molecule has 2 aliphatic heterocycles. The van der Waals surface area contributed by atoms with E-state index in [9.17, 15) is 14.4 Å². The first-order chi connectivity index (χ1) is 17.8. The van der Waals surface area contributed by atoms with Crippen LogP contribution in [0.3, 0.4) is 0 Å². The number of carbonyl (C=O) groups is 1. The van der Waals surface area contributed by atoms with Crippen molar-refractivity contribution in [1.82, 2.24) is 9.47 Å². The fourth-order valence-corrected chi connectivity index (χ4v) is 6.12. The standard InChI is InChI=1S/C30H26F2N4O/c1-35-9-8-18-10-26(28(32)15-29(18)35)24-7-4-19(11-25(24)17-2-3-20(16-33)27(31)12-17)30(37)36-22-5-6-23(36)14-21(34)13-22/h2-4,7-12,15,21-23H,5-6,13-14,34H2,1H3. The smallest absolute Gasteiger partial charge is 0.254 e. The van der Waals surface area contributed by atoms with Crippen molar-refractivity contribution >= 4 is 16.8 Å². The summed E-state index contributed by atoms with van der Waals surface area (Å²) >= 11 is 0. The molecule has 2 atom stereocenters. The molecule has 4 aromatic rings. The highest BCUT2D eigenvalue weighted by molar-refractivity contribution is 5.99. The lowest BCUT2D eigenvalue weighted by atomic mass is 9.90. The SMILES string of the molecule is Cn1ccc2cc(-c3ccc(C(=O)N4C5CCC4CC(N)C5)cc3-c3ccc(C#N)c(F)c3)c(F)cc21. The van der Waals surface area contributed by atoms with E-state index >= 15 is 4.39 Å². The number of benzene rings is 3. The summed E-state index contributed by atoms with van der Waals surface area (Å²) in [7, 11) is 1.85. The van der Waals surface area contributed by atoms with E-state index in [0.29, 0.717) is 27.8 Å². The molecule has 7 heteroatoms. The second-order valence-electron chi connectivity index (χ2n) is 10.2. The normalized spacial score (nSPS) is 20.8. The Balaban J connectivity index is 1.50. The van der Waals surface area contributed by atoms with Gasteiger partial charge < -0.3 is 15.2 Å². The van der Waals surface area contributed by atoms with Gasteiger partial charge in [-0.1, -0.05) is 12.1 Å². The average Bonchev–Trinajstić information content (AvgIpc) is 3.38. The second kappa shape index (κ2) is 8.82. The van der Waals surface area contributed by atoms with Crippen LogP contribution in [0.15, 0.2) is 60.8 Å². The van der Waals surface area contributed by atoms with Crippen LogP contribution in [0.4, 0.5) is 8.78 Å². The first-order valence-corrected chi connectivity index (χ1v) is 12.5. The summed E-state index contributed by atoms with van der Waals surface area (Å²) < 4.78 is 32.0. The minimum absolute atomic E-state index is 0.0735. The fraction of sp³-hybridized carbons (Fsp3) is 0.267. The van der Waals surface area contributed by atoms with Crippen molar-refractivity contribution in [2.45, 2.75) is 43.8 Å². The first kappa shape index (κ1) is 23.4. The second-order valence-corrected chi connectivity index (χ2v) is 10.2. The molecule has 5 nitrogen and oxygen atoms in total. The summed E-state index contributed by atoms with van der Waals surface area (Å²) in [5, 5.41) is 10.1. The van der Waals surface area contributed by atoms with Gasteiger partial charge in [-0.15, -0.1) is 0 Å². The van der Waals surface area contributed by atoms with E-state index < -0.39 is 11.6 Å². The lowest BCUT2D eigenvalue weighted by molar-refractivity contribution is 0.0575. The zero-order valence-corrected chi connectivity index (χ0v) is 20.4. The monoisotopic (exact) mass is 496 g/mol. The highest BCUT2D eigenvalue weighted by Gasteiger charge is 2.42. The number of hydrogen-bond acceptors (Lipinski definition) is 3. The first-order valence-electron chi connectivity index (χ1n) is 12.5. The number of nitriles is 1. The van der Waals surface area contributed by atoms with Crippen LogP contribution in [0.1, 0.15) is 41.6 Å². The highest BCUT2D eigenvalue weighted by Crippen LogP contribution is 2.39. The van der Waals surface area contributed by atoms with E-state index in [1.807, 2.05) is 34.8 Å². The number of carbonyl (C=O) groups excluding carboxylic acids is 1. The Labute approximate surface area is 213 Å². The van der Waals surface area contributed by atoms with E-state index in [-0.39, 0.29) is 29.6 Å². The number of fused-ring (bicyclic) bond motifs is 3. The summed E-state index contributed by atoms with van der Waals surface area (Å²) in [5.41, 5.74) is 9.27. The minimum atomic E-state index is -0.662. The molecule has 1 aromatic heterocycles. The molecule has 3 aromatic carbocycles. The molecule has 0 aliphatic carbocycles. The minimum Gasteiger partial charge on any atom is -0.350 e. The molecule has 2 saturated heterocycles. The number of nitrogens with two attached hydrogens (primary N) is 1. The lowest BCUT2D eigenvalue weighted by Gasteiger charge is -2.38. The zero-order valence-electron chi connectivity index (χ0n) is 20.4. The van der Waals surface area contributed by atoms with Crippen LogP contribution in [-0.2, 0) is 7.05 Å². The molecule has 2 aliphatic rings. The Kier molecular flexibility index (Phi) is 5.58. The maximum Gasteiger partial charge on any atom is 0.254 e. The third-order valence-electron chi connectivity index (χ3n) is 7.94. The molecule has 2 N–H and O–H groups in total. The molecule has 6 rings (SSSR count). The summed E-state index contributed by atoms with van der Waals surface area (Å²) in [6.45, 7) is 0. The molecule has 2 unspecified atom stereocenters. The molecule has 0 saturated carbocycles. The van der Waals surface area contributed by atoms with Crippen LogP contribution in [0.2, 0.25) is 0 Å². The van der Waals surface area contributed by atoms with E-state index in [2.05, 4.69) is 0 Å². The van der Waals surface area contributed by atoms with Crippen molar-refractivity contribution < 1.29 is 13.6 Å². The number of piperidine rings is 1. The van der Waals surface area contributed by atoms with Gasteiger partial charge >= 0.3 is 0 Å². The number of aryl methyl sites for hydroxylation is 1. The Morgan fingerprint density at radius 1 is 0.946 bits per heavy atom. The van der Waals surface area contributed by atoms with Gasteiger partial charge in [-0.05, 0) is 84.8 Å². The van der Waals surface area contributed by atoms with Gasteiger partial charge in [0.15, 0.2) is 0 Å². The molecule has 2 fully saturated rings. The van der Waals surface area contributed by atoms with Gasteiger partial charge in [-0.2, -0.15) is 5.26 Å². The van der Waals surface area contributed by atoms with E-state index in [0.717, 1.165) is 36.6 Å². The lowest BCUT2D eigenvalue weighted by Crippen LogP contribution is -2.50. The maximum absolute atomic E-state index is 15.4. The Morgan fingerprint density at radius 3 is 2.41 bits per heavy atom. The molecule has 0 spiro atoms. The molecular formula is C30H26F2N4O. The van der Waals surface area contributed by atoms with E-state index in [1.54, 1.807) is 30.3 Å². The molecule has 0 radical (unpaired) electrons. The van der Waals surface area contributed by atoms with Gasteiger partial charge in [0.25, 0.3) is 5.91 Å². The maximum atomic E-state index is 15.4. The van der Waals surface area contributed by atoms with Crippen molar-refractivity contribution in [3.05, 3.63) is 83.6 Å². The van der Waals surface area contributed by atoms with E-state index in [4.69, 9.17) is 5.73 Å². The van der Waals surface area contributed by atoms with Gasteiger partial charge in [-0.25, -0.2) is 8.78 Å². The third-order valence-corrected chi connectivity index (χ3v) is 7.94. The molecule has 3 heterocycles. The van der Waals surface area contributed by atoms with E-state index in [1.165, 1.54) is 18.2 Å². The van der Waals surface area contributed by atoms with Gasteiger partial charge in [0.05, 0.1) is 11.1 Å². The van der Waals surface area contributed by atoms with Crippen molar-refractivity contribution in [2.75, 3.05) is 0 Å². The van der Waals surface area contributed by atoms with Crippen molar-refractivity contribution in [3.8, 4) is 28.3 Å². The number of hydrogen-bond donors (Lipinski definition) is 1. The summed E-state index contributed by atoms with van der Waals surface area (Å²) in [4.78, 5) is 15.7. The largest absolute Gasteiger partial charge is 0.350 e. The molecule has 37 heavy (non-hydrogen) atoms. The van der Waals surface area contributed by atoms with Crippen LogP contribution in [0, 0.1) is 23.0 Å². The van der Waals surface area contributed by atoms with Crippen LogP contribution in [0.5, 0.6) is 0 Å². The Morgan fingerprint density at radius 2 is 1.70 bits per heavy atom. The predicted octanol–water partition coefficient (Wildman–Crippen LogP) is 5.76. The van der Waals surface area contributed by atoms with Crippen molar-refractivity contribution in [3.63, 3.8) is 0 Å². The number of rotatable bonds is 3. The molecular weight excluding hydrogens is 470 g/mol. The predicted molar refractivity (Wildman–Crippen MR) is 139 cm³/mol. The van der Waals surface area contributed by atoms with Gasteiger partial charge in [0.2, 0.25) is 0 Å².